The topological polar surface area (TPSA) is 67.9 Å². The summed E-state index contributed by atoms with van der Waals surface area (Å²) in [6.45, 7) is 3.18. The van der Waals surface area contributed by atoms with Crippen LogP contribution in [0, 0.1) is 0 Å². The molecule has 0 radical (unpaired) electrons. The highest BCUT2D eigenvalue weighted by Gasteiger charge is 2.29. The second kappa shape index (κ2) is 8.14. The van der Waals surface area contributed by atoms with Gasteiger partial charge >= 0.3 is 0 Å². The minimum atomic E-state index is -0.208. The molecule has 7 heteroatoms. The number of fused-ring (bicyclic) bond motifs is 2. The van der Waals surface area contributed by atoms with E-state index >= 15 is 0 Å². The van der Waals surface area contributed by atoms with E-state index in [0.717, 1.165) is 28.5 Å². The van der Waals surface area contributed by atoms with Gasteiger partial charge in [0.1, 0.15) is 0 Å². The van der Waals surface area contributed by atoms with Gasteiger partial charge in [0.05, 0.1) is 30.3 Å². The van der Waals surface area contributed by atoms with Crippen molar-refractivity contribution in [1.29, 1.82) is 0 Å². The third kappa shape index (κ3) is 3.94. The summed E-state index contributed by atoms with van der Waals surface area (Å²) in [5.74, 6) is 1.62. The molecule has 2 aromatic rings. The van der Waals surface area contributed by atoms with Crippen molar-refractivity contribution in [2.45, 2.75) is 30.7 Å². The number of thioether (sulfide) groups is 1. The molecule has 0 fully saturated rings. The van der Waals surface area contributed by atoms with E-state index in [1.54, 1.807) is 4.90 Å². The van der Waals surface area contributed by atoms with E-state index in [9.17, 15) is 9.59 Å². The van der Waals surface area contributed by atoms with Crippen LogP contribution in [-0.4, -0.2) is 36.8 Å². The fourth-order valence-electron chi connectivity index (χ4n) is 3.42. The first-order chi connectivity index (χ1) is 13.6. The average Bonchev–Trinajstić information content (AvgIpc) is 2.99. The molecule has 2 aliphatic rings. The van der Waals surface area contributed by atoms with Crippen LogP contribution < -0.4 is 19.7 Å². The Hall–Kier alpha value is -2.67. The van der Waals surface area contributed by atoms with E-state index in [1.165, 1.54) is 11.8 Å². The number of carbonyl (C=O) groups is 2. The van der Waals surface area contributed by atoms with Gasteiger partial charge in [0.2, 0.25) is 11.8 Å². The first-order valence-corrected chi connectivity index (χ1v) is 10.3. The number of nitrogens with one attached hydrogen (secondary N) is 1. The minimum Gasteiger partial charge on any atom is -0.490 e. The fraction of sp³-hybridized carbons (Fsp3) is 0.333. The van der Waals surface area contributed by atoms with Crippen molar-refractivity contribution >= 4 is 35.0 Å². The van der Waals surface area contributed by atoms with Crippen molar-refractivity contribution in [3.8, 4) is 11.5 Å². The highest BCUT2D eigenvalue weighted by atomic mass is 32.2. The van der Waals surface area contributed by atoms with Crippen LogP contribution in [0.1, 0.15) is 19.8 Å². The number of hydrogen-bond acceptors (Lipinski definition) is 5. The summed E-state index contributed by atoms with van der Waals surface area (Å²) in [6, 6.07) is 13.0. The van der Waals surface area contributed by atoms with Gasteiger partial charge in [-0.2, -0.15) is 0 Å². The van der Waals surface area contributed by atoms with E-state index < -0.39 is 0 Å². The van der Waals surface area contributed by atoms with Crippen LogP contribution in [0.2, 0.25) is 0 Å². The Morgan fingerprint density at radius 2 is 1.96 bits per heavy atom. The summed E-state index contributed by atoms with van der Waals surface area (Å²) < 4.78 is 11.4. The molecule has 6 nitrogen and oxygen atoms in total. The molecule has 1 unspecified atom stereocenters. The van der Waals surface area contributed by atoms with E-state index in [-0.39, 0.29) is 30.0 Å². The molecular weight excluding hydrogens is 376 g/mol. The molecule has 0 saturated carbocycles. The number of ether oxygens (including phenoxy) is 2. The van der Waals surface area contributed by atoms with Crippen molar-refractivity contribution in [2.75, 3.05) is 29.2 Å². The Bertz CT molecular complexity index is 902. The molecule has 0 aliphatic carbocycles. The maximum Gasteiger partial charge on any atom is 0.237 e. The van der Waals surface area contributed by atoms with Gasteiger partial charge in [-0.15, -0.1) is 11.8 Å². The van der Waals surface area contributed by atoms with E-state index in [2.05, 4.69) is 5.32 Å². The van der Waals surface area contributed by atoms with E-state index in [4.69, 9.17) is 9.47 Å². The lowest BCUT2D eigenvalue weighted by Gasteiger charge is -2.27. The Labute approximate surface area is 168 Å². The van der Waals surface area contributed by atoms with Crippen LogP contribution in [0.25, 0.3) is 0 Å². The third-order valence-electron chi connectivity index (χ3n) is 4.71. The van der Waals surface area contributed by atoms with Crippen molar-refractivity contribution in [3.05, 3.63) is 42.5 Å². The van der Waals surface area contributed by atoms with Gasteiger partial charge in [0.15, 0.2) is 11.5 Å². The Balaban J connectivity index is 1.50. The molecule has 2 heterocycles. The van der Waals surface area contributed by atoms with Gasteiger partial charge in [-0.1, -0.05) is 12.1 Å². The number of amides is 2. The molecule has 28 heavy (non-hydrogen) atoms. The number of benzene rings is 2. The highest BCUT2D eigenvalue weighted by Crippen LogP contribution is 2.35. The smallest absolute Gasteiger partial charge is 0.237 e. The zero-order valence-electron chi connectivity index (χ0n) is 15.6. The summed E-state index contributed by atoms with van der Waals surface area (Å²) in [5.41, 5.74) is 1.41. The van der Waals surface area contributed by atoms with Crippen LogP contribution in [0.15, 0.2) is 47.4 Å². The van der Waals surface area contributed by atoms with Gasteiger partial charge in [-0.3, -0.25) is 9.59 Å². The normalized spacial score (nSPS) is 18.5. The number of carbonyl (C=O) groups excluding carboxylic acids is 2. The number of rotatable bonds is 3. The standard InChI is InChI=1S/C21H22N2O4S/c1-14-11-20(24)22-16-5-2-3-6-17(16)23(14)21(25)13-28-15-7-8-18-19(12-15)27-10-4-9-26-18/h2-3,5-8,12,14H,4,9-11,13H2,1H3,(H,22,24). The lowest BCUT2D eigenvalue weighted by molar-refractivity contribution is -0.117. The lowest BCUT2D eigenvalue weighted by atomic mass is 10.2. The second-order valence-corrected chi connectivity index (χ2v) is 7.88. The van der Waals surface area contributed by atoms with Crippen LogP contribution in [0.3, 0.4) is 0 Å². The monoisotopic (exact) mass is 398 g/mol. The predicted octanol–water partition coefficient (Wildman–Crippen LogP) is 3.70. The van der Waals surface area contributed by atoms with Gasteiger partial charge < -0.3 is 19.7 Å². The predicted molar refractivity (Wildman–Crippen MR) is 109 cm³/mol. The molecular formula is C21H22N2O4S. The van der Waals surface area contributed by atoms with Crippen LogP contribution >= 0.6 is 11.8 Å². The number of para-hydroxylation sites is 2. The minimum absolute atomic E-state index is 0.0337. The van der Waals surface area contributed by atoms with Crippen molar-refractivity contribution in [3.63, 3.8) is 0 Å². The number of hydrogen-bond donors (Lipinski definition) is 1. The molecule has 2 aliphatic heterocycles. The van der Waals surface area contributed by atoms with Crippen molar-refractivity contribution < 1.29 is 19.1 Å². The Kier molecular flexibility index (Phi) is 5.43. The Morgan fingerprint density at radius 3 is 2.82 bits per heavy atom. The molecule has 2 aromatic carbocycles. The van der Waals surface area contributed by atoms with E-state index in [1.807, 2.05) is 49.4 Å². The summed E-state index contributed by atoms with van der Waals surface area (Å²) in [6.07, 6.45) is 1.13. The zero-order chi connectivity index (χ0) is 19.5. The van der Waals surface area contributed by atoms with Crippen LogP contribution in [0.5, 0.6) is 11.5 Å². The fourth-order valence-corrected chi connectivity index (χ4v) is 4.20. The molecule has 0 bridgehead atoms. The maximum absolute atomic E-state index is 13.1. The molecule has 4 rings (SSSR count). The molecule has 1 N–H and O–H groups in total. The molecule has 1 atom stereocenters. The first kappa shape index (κ1) is 18.7. The van der Waals surface area contributed by atoms with Crippen molar-refractivity contribution in [2.24, 2.45) is 0 Å². The zero-order valence-corrected chi connectivity index (χ0v) is 16.5. The van der Waals surface area contributed by atoms with Crippen LogP contribution in [-0.2, 0) is 9.59 Å². The van der Waals surface area contributed by atoms with Gasteiger partial charge in [-0.25, -0.2) is 0 Å². The summed E-state index contributed by atoms with van der Waals surface area (Å²) >= 11 is 1.45. The second-order valence-electron chi connectivity index (χ2n) is 6.83. The van der Waals surface area contributed by atoms with Gasteiger partial charge in [-0.05, 0) is 37.3 Å². The number of nitrogens with zero attached hydrogens (tertiary/aromatic N) is 1. The highest BCUT2D eigenvalue weighted by molar-refractivity contribution is 8.00. The largest absolute Gasteiger partial charge is 0.490 e. The van der Waals surface area contributed by atoms with Gasteiger partial charge in [0.25, 0.3) is 0 Å². The summed E-state index contributed by atoms with van der Waals surface area (Å²) in [5, 5.41) is 2.88. The average molecular weight is 398 g/mol. The molecule has 0 aromatic heterocycles. The van der Waals surface area contributed by atoms with Gasteiger partial charge in [0, 0.05) is 23.8 Å². The Morgan fingerprint density at radius 1 is 1.18 bits per heavy atom. The molecule has 2 amide bonds. The third-order valence-corrected chi connectivity index (χ3v) is 5.69. The molecule has 0 spiro atoms. The molecule has 0 saturated heterocycles. The quantitative estimate of drug-likeness (QED) is 0.799. The molecule has 146 valence electrons. The van der Waals surface area contributed by atoms with E-state index in [0.29, 0.717) is 18.9 Å². The SMILES string of the molecule is CC1CC(=O)Nc2ccccc2N1C(=O)CSc1ccc2c(c1)OCCCO2. The maximum atomic E-state index is 13.1. The summed E-state index contributed by atoms with van der Waals surface area (Å²) in [7, 11) is 0. The van der Waals surface area contributed by atoms with Crippen LogP contribution in [0.4, 0.5) is 11.4 Å². The number of anilines is 2. The first-order valence-electron chi connectivity index (χ1n) is 9.35. The van der Waals surface area contributed by atoms with Crippen molar-refractivity contribution in [1.82, 2.24) is 0 Å². The lowest BCUT2D eigenvalue weighted by Crippen LogP contribution is -2.40. The summed E-state index contributed by atoms with van der Waals surface area (Å²) in [4.78, 5) is 27.8.